The largest absolute Gasteiger partial charge is 0.388 e. The van der Waals surface area contributed by atoms with Gasteiger partial charge in [0.15, 0.2) is 0 Å². The van der Waals surface area contributed by atoms with Crippen molar-refractivity contribution in [2.45, 2.75) is 44.1 Å². The minimum atomic E-state index is -0.294. The van der Waals surface area contributed by atoms with Crippen molar-refractivity contribution < 1.29 is 5.11 Å². The van der Waals surface area contributed by atoms with Crippen LogP contribution in [0.2, 0.25) is 0 Å². The zero-order chi connectivity index (χ0) is 17.9. The molecule has 0 amide bonds. The lowest BCUT2D eigenvalue weighted by molar-refractivity contribution is 0.117. The third-order valence-corrected chi connectivity index (χ3v) is 6.71. The number of benzene rings is 2. The second-order valence-electron chi connectivity index (χ2n) is 7.98. The molecule has 0 radical (unpaired) electrons. The van der Waals surface area contributed by atoms with Gasteiger partial charge in [0.25, 0.3) is 0 Å². The molecule has 2 unspecified atom stereocenters. The van der Waals surface area contributed by atoms with Gasteiger partial charge >= 0.3 is 0 Å². The van der Waals surface area contributed by atoms with Crippen molar-refractivity contribution in [2.24, 2.45) is 5.92 Å². The summed E-state index contributed by atoms with van der Waals surface area (Å²) in [5.41, 5.74) is 3.97. The molecular formula is C23H28BrNO. The van der Waals surface area contributed by atoms with E-state index in [1.165, 1.54) is 48.0 Å². The van der Waals surface area contributed by atoms with E-state index in [1.54, 1.807) is 0 Å². The first-order valence-corrected chi connectivity index (χ1v) is 10.7. The standard InChI is InChI=1S/C23H28BrNO/c24-21-6-3-5-20(15-21)18-10-12-25(13-11-18)16-17-8-9-19-4-1-2-7-22(19)23(26)14-17/h1-7,15,17-18,23,26H,8-14,16H2. The van der Waals surface area contributed by atoms with Crippen molar-refractivity contribution in [1.82, 2.24) is 4.90 Å². The van der Waals surface area contributed by atoms with Crippen LogP contribution in [0.3, 0.4) is 0 Å². The lowest BCUT2D eigenvalue weighted by Crippen LogP contribution is -2.36. The molecule has 2 aliphatic rings. The van der Waals surface area contributed by atoms with Crippen LogP contribution < -0.4 is 0 Å². The van der Waals surface area contributed by atoms with Crippen molar-refractivity contribution >= 4 is 15.9 Å². The molecule has 3 heteroatoms. The van der Waals surface area contributed by atoms with Crippen LogP contribution in [-0.2, 0) is 6.42 Å². The predicted molar refractivity (Wildman–Crippen MR) is 110 cm³/mol. The number of likely N-dealkylation sites (tertiary alicyclic amines) is 1. The molecule has 0 saturated carbocycles. The van der Waals surface area contributed by atoms with Crippen molar-refractivity contribution in [3.05, 3.63) is 69.7 Å². The Bertz CT molecular complexity index is 738. The van der Waals surface area contributed by atoms with Crippen molar-refractivity contribution in [3.63, 3.8) is 0 Å². The van der Waals surface area contributed by atoms with Gasteiger partial charge in [-0.15, -0.1) is 0 Å². The van der Waals surface area contributed by atoms with Crippen LogP contribution in [0.1, 0.15) is 54.4 Å². The Balaban J connectivity index is 1.32. The molecule has 1 N–H and O–H groups in total. The summed E-state index contributed by atoms with van der Waals surface area (Å²) in [5.74, 6) is 1.28. The first-order chi connectivity index (χ1) is 12.7. The molecule has 4 rings (SSSR count). The molecule has 1 aliphatic heterocycles. The summed E-state index contributed by atoms with van der Waals surface area (Å²) in [4.78, 5) is 2.63. The molecule has 0 bridgehead atoms. The van der Waals surface area contributed by atoms with Crippen molar-refractivity contribution in [1.29, 1.82) is 0 Å². The van der Waals surface area contributed by atoms with Gasteiger partial charge in [-0.05, 0) is 85.9 Å². The fraction of sp³-hybridized carbons (Fsp3) is 0.478. The molecule has 138 valence electrons. The summed E-state index contributed by atoms with van der Waals surface area (Å²) in [6.07, 6.45) is 5.39. The van der Waals surface area contributed by atoms with Crippen molar-refractivity contribution in [3.8, 4) is 0 Å². The van der Waals surface area contributed by atoms with Gasteiger partial charge in [0.1, 0.15) is 0 Å². The SMILES string of the molecule is OC1CC(CN2CCC(c3cccc(Br)c3)CC2)CCc2ccccc21. The van der Waals surface area contributed by atoms with Crippen LogP contribution in [0.4, 0.5) is 0 Å². The fourth-order valence-corrected chi connectivity index (χ4v) is 5.16. The number of piperidine rings is 1. The highest BCUT2D eigenvalue weighted by Gasteiger charge is 2.27. The Morgan fingerprint density at radius 2 is 1.81 bits per heavy atom. The number of rotatable bonds is 3. The minimum absolute atomic E-state index is 0.294. The maximum absolute atomic E-state index is 10.6. The maximum Gasteiger partial charge on any atom is 0.0795 e. The summed E-state index contributed by atoms with van der Waals surface area (Å²) in [6.45, 7) is 3.49. The second-order valence-corrected chi connectivity index (χ2v) is 8.90. The monoisotopic (exact) mass is 413 g/mol. The minimum Gasteiger partial charge on any atom is -0.388 e. The number of hydrogen-bond acceptors (Lipinski definition) is 2. The quantitative estimate of drug-likeness (QED) is 0.688. The van der Waals surface area contributed by atoms with Gasteiger partial charge in [0, 0.05) is 11.0 Å². The highest BCUT2D eigenvalue weighted by molar-refractivity contribution is 9.10. The molecule has 1 fully saturated rings. The number of aryl methyl sites for hydroxylation is 1. The van der Waals surface area contributed by atoms with Gasteiger partial charge in [-0.25, -0.2) is 0 Å². The topological polar surface area (TPSA) is 23.5 Å². The van der Waals surface area contributed by atoms with E-state index in [0.717, 1.165) is 24.9 Å². The number of fused-ring (bicyclic) bond motifs is 1. The van der Waals surface area contributed by atoms with E-state index < -0.39 is 0 Å². The van der Waals surface area contributed by atoms with E-state index in [2.05, 4.69) is 69.4 Å². The number of aliphatic hydroxyl groups is 1. The maximum atomic E-state index is 10.6. The van der Waals surface area contributed by atoms with Gasteiger partial charge in [0.05, 0.1) is 6.10 Å². The van der Waals surface area contributed by atoms with Gasteiger partial charge in [-0.1, -0.05) is 52.3 Å². The summed E-state index contributed by atoms with van der Waals surface area (Å²) in [7, 11) is 0. The molecule has 2 aromatic carbocycles. The first kappa shape index (κ1) is 18.2. The van der Waals surface area contributed by atoms with Crippen LogP contribution in [0, 0.1) is 5.92 Å². The van der Waals surface area contributed by atoms with E-state index in [1.807, 2.05) is 0 Å². The van der Waals surface area contributed by atoms with Gasteiger partial charge in [-0.3, -0.25) is 0 Å². The molecule has 2 nitrogen and oxygen atoms in total. The number of aliphatic hydroxyl groups excluding tert-OH is 1. The number of hydrogen-bond donors (Lipinski definition) is 1. The van der Waals surface area contributed by atoms with Gasteiger partial charge < -0.3 is 10.0 Å². The molecule has 1 saturated heterocycles. The van der Waals surface area contributed by atoms with E-state index >= 15 is 0 Å². The normalized spacial score (nSPS) is 24.8. The van der Waals surface area contributed by atoms with Crippen LogP contribution in [0.15, 0.2) is 53.0 Å². The van der Waals surface area contributed by atoms with E-state index in [-0.39, 0.29) is 6.10 Å². The fourth-order valence-electron chi connectivity index (χ4n) is 4.75. The average Bonchev–Trinajstić information content (AvgIpc) is 2.82. The lowest BCUT2D eigenvalue weighted by atomic mass is 9.88. The summed E-state index contributed by atoms with van der Waals surface area (Å²) in [6, 6.07) is 17.2. The third-order valence-electron chi connectivity index (χ3n) is 6.22. The Labute approximate surface area is 165 Å². The van der Waals surface area contributed by atoms with Gasteiger partial charge in [0.2, 0.25) is 0 Å². The Kier molecular flexibility index (Phi) is 5.78. The Morgan fingerprint density at radius 3 is 2.62 bits per heavy atom. The molecule has 0 spiro atoms. The highest BCUT2D eigenvalue weighted by atomic mass is 79.9. The van der Waals surface area contributed by atoms with Crippen LogP contribution in [0.25, 0.3) is 0 Å². The van der Waals surface area contributed by atoms with Crippen molar-refractivity contribution in [2.75, 3.05) is 19.6 Å². The smallest absolute Gasteiger partial charge is 0.0795 e. The second kappa shape index (κ2) is 8.24. The number of halogens is 1. The molecule has 0 aromatic heterocycles. The zero-order valence-corrected chi connectivity index (χ0v) is 16.9. The summed E-state index contributed by atoms with van der Waals surface area (Å²) < 4.78 is 1.18. The summed E-state index contributed by atoms with van der Waals surface area (Å²) in [5, 5.41) is 10.6. The van der Waals surface area contributed by atoms with Gasteiger partial charge in [-0.2, -0.15) is 0 Å². The Morgan fingerprint density at radius 1 is 1.00 bits per heavy atom. The molecule has 2 aromatic rings. The Hall–Kier alpha value is -1.16. The zero-order valence-electron chi connectivity index (χ0n) is 15.3. The lowest BCUT2D eigenvalue weighted by Gasteiger charge is -2.34. The molecular weight excluding hydrogens is 386 g/mol. The van der Waals surface area contributed by atoms with E-state index in [9.17, 15) is 5.11 Å². The molecule has 2 atom stereocenters. The predicted octanol–water partition coefficient (Wildman–Crippen LogP) is 5.31. The average molecular weight is 414 g/mol. The summed E-state index contributed by atoms with van der Waals surface area (Å²) >= 11 is 3.60. The van der Waals surface area contributed by atoms with E-state index in [4.69, 9.17) is 0 Å². The molecule has 1 heterocycles. The van der Waals surface area contributed by atoms with Crippen LogP contribution in [0.5, 0.6) is 0 Å². The van der Waals surface area contributed by atoms with E-state index in [0.29, 0.717) is 11.8 Å². The molecule has 1 aliphatic carbocycles. The highest BCUT2D eigenvalue weighted by Crippen LogP contribution is 2.34. The number of nitrogens with zero attached hydrogens (tertiary/aromatic N) is 1. The third kappa shape index (κ3) is 4.21. The molecule has 26 heavy (non-hydrogen) atoms. The van der Waals surface area contributed by atoms with Crippen LogP contribution >= 0.6 is 15.9 Å². The first-order valence-electron chi connectivity index (χ1n) is 9.92. The van der Waals surface area contributed by atoms with Crippen LogP contribution in [-0.4, -0.2) is 29.6 Å².